The van der Waals surface area contributed by atoms with Gasteiger partial charge in [0.15, 0.2) is 0 Å². The van der Waals surface area contributed by atoms with Crippen LogP contribution in [0.25, 0.3) is 0 Å². The molecule has 574 valence electrons. The Bertz CT molecular complexity index is 3350. The Morgan fingerprint density at radius 1 is 0.596 bits per heavy atom. The molecule has 0 aliphatic carbocycles. The second kappa shape index (κ2) is 42.3. The van der Waals surface area contributed by atoms with Gasteiger partial charge in [-0.2, -0.15) is 11.8 Å². The van der Waals surface area contributed by atoms with E-state index in [2.05, 4.69) is 73.8 Å². The first-order valence-corrected chi connectivity index (χ1v) is 40.4. The highest BCUT2D eigenvalue weighted by Crippen LogP contribution is 2.27. The number of carbonyl (C=O) groups is 15. The number of nitrogens with two attached hydrogens (primary N) is 2. The smallest absolute Gasteiger partial charge is 0.248 e. The molecule has 2 bridgehead atoms. The molecule has 0 spiro atoms. The summed E-state index contributed by atoms with van der Waals surface area (Å²) in [5.41, 5.74) is 12.4. The number of aliphatic hydroxyl groups excluding tert-OH is 2. The molecule has 0 unspecified atom stereocenters. The summed E-state index contributed by atoms with van der Waals surface area (Å²) in [5, 5.41) is 52.7. The summed E-state index contributed by atoms with van der Waals surface area (Å²) in [4.78, 5) is 224. The highest BCUT2D eigenvalue weighted by atomic mass is 33.1. The molecule has 0 radical (unpaired) electrons. The van der Waals surface area contributed by atoms with Crippen molar-refractivity contribution >= 4 is 144 Å². The molecule has 5 heterocycles. The zero-order valence-electron chi connectivity index (χ0n) is 58.6. The summed E-state index contributed by atoms with van der Waals surface area (Å²) in [6.45, 7) is 5.28. The molecule has 4 aliphatic heterocycles. The van der Waals surface area contributed by atoms with Crippen LogP contribution in [-0.2, 0) is 84.8 Å². The Hall–Kier alpha value is -7.89. The number of benzene rings is 1. The van der Waals surface area contributed by atoms with Gasteiger partial charge in [-0.1, -0.05) is 108 Å². The Balaban J connectivity index is 1.46. The number of imidazole rings is 1. The lowest BCUT2D eigenvalue weighted by molar-refractivity contribution is -0.143. The first-order valence-electron chi connectivity index (χ1n) is 34.1. The van der Waals surface area contributed by atoms with Crippen molar-refractivity contribution < 1.29 is 82.1 Å². The van der Waals surface area contributed by atoms with Gasteiger partial charge in [0.2, 0.25) is 88.6 Å². The minimum absolute atomic E-state index is 0.000607. The van der Waals surface area contributed by atoms with Gasteiger partial charge in [-0.25, -0.2) is 4.98 Å². The first kappa shape index (κ1) is 85.0. The molecule has 35 nitrogen and oxygen atoms in total. The highest BCUT2D eigenvalue weighted by molar-refractivity contribution is 8.77. The number of H-pyrrole nitrogens is 1. The molecule has 1 aromatic carbocycles. The zero-order valence-corrected chi connectivity index (χ0v) is 62.6. The summed E-state index contributed by atoms with van der Waals surface area (Å²) in [7, 11) is 3.56. The van der Waals surface area contributed by atoms with E-state index in [9.17, 15) is 77.3 Å². The van der Waals surface area contributed by atoms with E-state index in [0.717, 1.165) is 48.1 Å². The average Bonchev–Trinajstić information content (AvgIpc) is 1.57. The molecule has 19 N–H and O–H groups in total. The molecule has 4 aliphatic rings. The summed E-state index contributed by atoms with van der Waals surface area (Å²) in [5.74, 6) is -16.1. The van der Waals surface area contributed by atoms with Crippen LogP contribution in [-0.4, -0.2) is 271 Å². The lowest BCUT2D eigenvalue weighted by Crippen LogP contribution is -2.62. The molecule has 6 rings (SSSR count). The summed E-state index contributed by atoms with van der Waals surface area (Å²) < 4.78 is 0. The Kier molecular flexibility index (Phi) is 34.6. The number of hydrogen-bond donors (Lipinski definition) is 17. The summed E-state index contributed by atoms with van der Waals surface area (Å²) >= 11 is 1.32. The first-order chi connectivity index (χ1) is 49.6. The van der Waals surface area contributed by atoms with Crippen LogP contribution >= 0.6 is 54.9 Å². The number of nitrogens with zero attached hydrogens (tertiary/aromatic N) is 3. The predicted molar refractivity (Wildman–Crippen MR) is 390 cm³/mol. The van der Waals surface area contributed by atoms with Crippen molar-refractivity contribution in [3.05, 3.63) is 54.1 Å². The topological polar surface area (TPSA) is 528 Å². The number of aliphatic hydroxyl groups is 2. The van der Waals surface area contributed by atoms with Crippen molar-refractivity contribution in [1.82, 2.24) is 83.6 Å². The van der Waals surface area contributed by atoms with Gasteiger partial charge in [0.1, 0.15) is 84.6 Å². The van der Waals surface area contributed by atoms with Crippen molar-refractivity contribution in [2.24, 2.45) is 23.3 Å². The third-order valence-electron chi connectivity index (χ3n) is 17.7. The molecular weight excluding hydrogens is 1450 g/mol. The van der Waals surface area contributed by atoms with Crippen molar-refractivity contribution in [1.29, 1.82) is 0 Å². The van der Waals surface area contributed by atoms with Gasteiger partial charge in [-0.05, 0) is 68.4 Å². The van der Waals surface area contributed by atoms with Crippen LogP contribution < -0.4 is 75.3 Å². The Morgan fingerprint density at radius 2 is 1.12 bits per heavy atom. The van der Waals surface area contributed by atoms with E-state index in [4.69, 9.17) is 11.5 Å². The number of thioether (sulfide) groups is 1. The number of aromatic nitrogens is 2. The summed E-state index contributed by atoms with van der Waals surface area (Å²) in [6, 6.07) is -12.3. The monoisotopic (exact) mass is 1550 g/mol. The van der Waals surface area contributed by atoms with E-state index in [1.807, 2.05) is 0 Å². The third-order valence-corrected chi connectivity index (χ3v) is 23.2. The number of primary amides is 1. The Labute approximate surface area is 621 Å². The second-order valence-corrected chi connectivity index (χ2v) is 31.8. The number of rotatable bonds is 15. The van der Waals surface area contributed by atoms with E-state index in [-0.39, 0.29) is 62.5 Å². The Morgan fingerprint density at radius 3 is 1.67 bits per heavy atom. The minimum atomic E-state index is -1.83. The molecular formula is C64H96N18O17S5. The third kappa shape index (κ3) is 24.9. The summed E-state index contributed by atoms with van der Waals surface area (Å²) in [6.07, 6.45) is 5.07. The molecule has 104 heavy (non-hydrogen) atoms. The molecule has 0 saturated carbocycles. The van der Waals surface area contributed by atoms with Crippen LogP contribution in [0.15, 0.2) is 42.9 Å². The molecule has 4 saturated heterocycles. The van der Waals surface area contributed by atoms with Crippen molar-refractivity contribution in [2.75, 3.05) is 67.9 Å². The van der Waals surface area contributed by atoms with Crippen molar-refractivity contribution in [3.63, 3.8) is 0 Å². The number of nitrogens with one attached hydrogen (secondary N) is 13. The largest absolute Gasteiger partial charge is 0.394 e. The predicted octanol–water partition coefficient (Wildman–Crippen LogP) is -5.31. The molecule has 15 amide bonds. The molecule has 4 fully saturated rings. The van der Waals surface area contributed by atoms with Crippen LogP contribution in [0.5, 0.6) is 0 Å². The van der Waals surface area contributed by atoms with Gasteiger partial charge in [0, 0.05) is 60.8 Å². The van der Waals surface area contributed by atoms with Crippen molar-refractivity contribution in [2.45, 2.75) is 171 Å². The second-order valence-electron chi connectivity index (χ2n) is 25.7. The fraction of sp³-hybridized carbons (Fsp3) is 0.625. The van der Waals surface area contributed by atoms with E-state index in [1.165, 1.54) is 36.1 Å². The van der Waals surface area contributed by atoms with Crippen molar-refractivity contribution in [3.8, 4) is 0 Å². The van der Waals surface area contributed by atoms with Gasteiger partial charge in [-0.3, -0.25) is 71.9 Å². The SMILES string of the molecule is CC[C@H](C)[C@@H]1NC(=O)[C@@H]2CCCN2C(=O)[C@H](CO)NC(=O)[C@H](CCSC)NC(=O)[C@H](C)NC(=O)[C@H](Cc2ccccc2)NC(=O)[C@@H]2CSSC[C@H](NC(=O)CN)C(=O)N[C@@H](CSSC[C@@H](C(N)=O)NC1=O)C(=O)N[C@@H](CO)C(=O)N[C@@H](Cc1cnc[nH]1)C(=O)N1CCC[C@H]1C(=O)N[C@@H](C(C)C)C(=O)N2. The molecule has 2 aromatic rings. The molecule has 15 atom stereocenters. The number of hydrogen-bond acceptors (Lipinski definition) is 24. The minimum Gasteiger partial charge on any atom is -0.394 e. The maximum atomic E-state index is 15.0. The van der Waals surface area contributed by atoms with E-state index in [0.29, 0.717) is 36.3 Å². The van der Waals surface area contributed by atoms with Gasteiger partial charge >= 0.3 is 0 Å². The van der Waals surface area contributed by atoms with Gasteiger partial charge in [0.05, 0.1) is 26.1 Å². The zero-order chi connectivity index (χ0) is 76.3. The quantitative estimate of drug-likeness (QED) is 0.0741. The maximum Gasteiger partial charge on any atom is 0.248 e. The van der Waals surface area contributed by atoms with Crippen LogP contribution in [0.3, 0.4) is 0 Å². The number of carbonyl (C=O) groups excluding carboxylic acids is 15. The number of amides is 15. The normalized spacial score (nSPS) is 28.5. The standard InChI is InChI=1S/C64H96N18O17S5/c1-7-33(4)50-62(97)76-42(51(66)86)27-101-103-29-44-58(93)74-40(25-83)55(90)73-39(22-36-24-67-31-68-36)63(98)81-18-11-15-46(81)59(94)79-49(32(2)3)61(96)78-45(30-104-102-28-43(56(91)77-44)70-48(85)23-65)57(92)72-38(21-35-13-9-8-10-14-35)54(89)69-34(5)52(87)71-37(17-20-100-6)53(88)75-41(26-84)64(99)82-19-12-16-47(82)60(95)80-50/h8-10,13-14,24,31-34,37-47,49-50,83-84H,7,11-12,15-23,25-30,65H2,1-6H3,(H2,66,86)(H,67,68)(H,69,89)(H,70,85)(H,71,87)(H,72,92)(H,73,90)(H,74,93)(H,75,88)(H,76,97)(H,77,91)(H,78,96)(H,79,94)(H,80,95)/t33-,34-,37-,38-,39-,40-,41-,42-,43-,44-,45-,46-,47-,49-,50-/m0/s1. The van der Waals surface area contributed by atoms with E-state index < -0.39 is 211 Å². The highest BCUT2D eigenvalue weighted by Gasteiger charge is 2.44. The van der Waals surface area contributed by atoms with Gasteiger partial charge < -0.3 is 100 Å². The van der Waals surface area contributed by atoms with Crippen LogP contribution in [0.4, 0.5) is 0 Å². The molecule has 1 aromatic heterocycles. The van der Waals surface area contributed by atoms with E-state index in [1.54, 1.807) is 64.3 Å². The van der Waals surface area contributed by atoms with Crippen LogP contribution in [0.2, 0.25) is 0 Å². The fourth-order valence-corrected chi connectivity index (χ4v) is 16.7. The maximum absolute atomic E-state index is 15.0. The van der Waals surface area contributed by atoms with Gasteiger partial charge in [-0.15, -0.1) is 0 Å². The fourth-order valence-electron chi connectivity index (χ4n) is 11.5. The van der Waals surface area contributed by atoms with E-state index >= 15 is 4.79 Å². The number of fused-ring (bicyclic) bond motifs is 10. The van der Waals surface area contributed by atoms with Crippen LogP contribution in [0, 0.1) is 11.8 Å². The lowest BCUT2D eigenvalue weighted by Gasteiger charge is -2.31. The van der Waals surface area contributed by atoms with Gasteiger partial charge in [0.25, 0.3) is 0 Å². The average molecular weight is 1550 g/mol. The lowest BCUT2D eigenvalue weighted by atomic mass is 9.97. The molecule has 40 heteroatoms. The number of aromatic amines is 1. The van der Waals surface area contributed by atoms with Crippen LogP contribution in [0.1, 0.15) is 84.4 Å².